The lowest BCUT2D eigenvalue weighted by Gasteiger charge is -2.34. The molecule has 1 aliphatic carbocycles. The molecule has 0 aliphatic heterocycles. The van der Waals surface area contributed by atoms with Crippen LogP contribution in [0, 0.1) is 22.7 Å². The van der Waals surface area contributed by atoms with Gasteiger partial charge in [-0.3, -0.25) is 4.79 Å². The van der Waals surface area contributed by atoms with Gasteiger partial charge in [-0.2, -0.15) is 5.26 Å². The van der Waals surface area contributed by atoms with E-state index in [4.69, 9.17) is 16.6 Å². The van der Waals surface area contributed by atoms with Crippen LogP contribution < -0.4 is 5.32 Å². The van der Waals surface area contributed by atoms with Crippen molar-refractivity contribution in [1.29, 1.82) is 5.26 Å². The first-order valence-corrected chi connectivity index (χ1v) is 10.6. The molecule has 0 fully saturated rings. The molecule has 0 radical (unpaired) electrons. The molecule has 5 nitrogen and oxygen atoms in total. The maximum Gasteiger partial charge on any atom is 0.234 e. The SMILES string of the molecule is CC(C)(C)[C@@H]1CCc2nc(SCC(=O)Nc3cccnc3Cl)c(C#N)cc2C1. The van der Waals surface area contributed by atoms with E-state index in [1.54, 1.807) is 18.3 Å². The summed E-state index contributed by atoms with van der Waals surface area (Å²) in [5.41, 5.74) is 3.47. The minimum atomic E-state index is -0.212. The number of fused-ring (bicyclic) bond motifs is 1. The Bertz CT molecular complexity index is 933. The zero-order valence-electron chi connectivity index (χ0n) is 16.3. The second kappa shape index (κ2) is 8.50. The molecule has 146 valence electrons. The van der Waals surface area contributed by atoms with E-state index in [1.165, 1.54) is 17.3 Å². The molecule has 1 amide bonds. The normalized spacial score (nSPS) is 16.2. The molecule has 3 rings (SSSR count). The van der Waals surface area contributed by atoms with Crippen LogP contribution in [0.1, 0.15) is 44.0 Å². The summed E-state index contributed by atoms with van der Waals surface area (Å²) in [6.07, 6.45) is 4.52. The number of nitrogens with zero attached hydrogens (tertiary/aromatic N) is 3. The zero-order valence-corrected chi connectivity index (χ0v) is 17.8. The molecule has 2 heterocycles. The number of pyridine rings is 2. The van der Waals surface area contributed by atoms with E-state index in [2.05, 4.69) is 37.1 Å². The largest absolute Gasteiger partial charge is 0.323 e. The summed E-state index contributed by atoms with van der Waals surface area (Å²) in [7, 11) is 0. The van der Waals surface area contributed by atoms with Crippen LogP contribution in [0.3, 0.4) is 0 Å². The first-order valence-electron chi connectivity index (χ1n) is 9.24. The monoisotopic (exact) mass is 414 g/mol. The summed E-state index contributed by atoms with van der Waals surface area (Å²) in [4.78, 5) is 20.9. The predicted octanol–water partition coefficient (Wildman–Crippen LogP) is 4.88. The van der Waals surface area contributed by atoms with E-state index in [-0.39, 0.29) is 22.2 Å². The highest BCUT2D eigenvalue weighted by Gasteiger charge is 2.30. The number of aromatic nitrogens is 2. The lowest BCUT2D eigenvalue weighted by atomic mass is 9.71. The van der Waals surface area contributed by atoms with Crippen molar-refractivity contribution < 1.29 is 4.79 Å². The Morgan fingerprint density at radius 3 is 2.93 bits per heavy atom. The lowest BCUT2D eigenvalue weighted by molar-refractivity contribution is -0.113. The highest BCUT2D eigenvalue weighted by molar-refractivity contribution is 8.00. The Kier molecular flexibility index (Phi) is 6.26. The van der Waals surface area contributed by atoms with Gasteiger partial charge in [0.1, 0.15) is 11.1 Å². The number of anilines is 1. The van der Waals surface area contributed by atoms with Gasteiger partial charge in [-0.05, 0) is 54.4 Å². The average Bonchev–Trinajstić information content (AvgIpc) is 2.66. The molecule has 0 bridgehead atoms. The third-order valence-corrected chi connectivity index (χ3v) is 6.36. The fourth-order valence-corrected chi connectivity index (χ4v) is 4.32. The Labute approximate surface area is 174 Å². The number of aryl methyl sites for hydroxylation is 1. The Hall–Kier alpha value is -2.10. The second-order valence-electron chi connectivity index (χ2n) is 8.04. The molecule has 28 heavy (non-hydrogen) atoms. The lowest BCUT2D eigenvalue weighted by Crippen LogP contribution is -2.27. The standard InChI is InChI=1S/C21H23ClN4OS/c1-21(2,3)15-6-7-16-13(10-15)9-14(11-23)20(26-16)28-12-18(27)25-17-5-4-8-24-19(17)22/h4-5,8-9,15H,6-7,10,12H2,1-3H3,(H,25,27)/t15-/m1/s1. The summed E-state index contributed by atoms with van der Waals surface area (Å²) in [5.74, 6) is 0.522. The van der Waals surface area contributed by atoms with E-state index >= 15 is 0 Å². The Morgan fingerprint density at radius 1 is 1.46 bits per heavy atom. The molecule has 7 heteroatoms. The minimum Gasteiger partial charge on any atom is -0.323 e. The first kappa shape index (κ1) is 20.6. The summed E-state index contributed by atoms with van der Waals surface area (Å²) in [6, 6.07) is 7.59. The number of amides is 1. The summed E-state index contributed by atoms with van der Waals surface area (Å²) in [6.45, 7) is 6.79. The van der Waals surface area contributed by atoms with Crippen LogP contribution in [0.15, 0.2) is 29.4 Å². The van der Waals surface area contributed by atoms with Crippen LogP contribution in [0.25, 0.3) is 0 Å². The van der Waals surface area contributed by atoms with Gasteiger partial charge in [0.15, 0.2) is 5.15 Å². The van der Waals surface area contributed by atoms with Crippen LogP contribution in [0.4, 0.5) is 5.69 Å². The summed E-state index contributed by atoms with van der Waals surface area (Å²) < 4.78 is 0. The molecular weight excluding hydrogens is 392 g/mol. The van der Waals surface area contributed by atoms with Gasteiger partial charge in [0.05, 0.1) is 17.0 Å². The molecule has 1 N–H and O–H groups in total. The van der Waals surface area contributed by atoms with Crippen molar-refractivity contribution in [3.05, 3.63) is 46.4 Å². The van der Waals surface area contributed by atoms with Gasteiger partial charge >= 0.3 is 0 Å². The smallest absolute Gasteiger partial charge is 0.234 e. The van der Waals surface area contributed by atoms with Gasteiger partial charge in [0.25, 0.3) is 0 Å². The summed E-state index contributed by atoms with van der Waals surface area (Å²) in [5, 5.41) is 13.2. The van der Waals surface area contributed by atoms with Gasteiger partial charge in [0.2, 0.25) is 5.91 Å². The molecule has 0 aromatic carbocycles. The number of carbonyl (C=O) groups excluding carboxylic acids is 1. The molecule has 1 aliphatic rings. The van der Waals surface area contributed by atoms with Crippen molar-refractivity contribution in [3.63, 3.8) is 0 Å². The van der Waals surface area contributed by atoms with E-state index < -0.39 is 0 Å². The molecular formula is C21H23ClN4OS. The quantitative estimate of drug-likeness (QED) is 0.569. The molecule has 0 saturated carbocycles. The predicted molar refractivity (Wildman–Crippen MR) is 113 cm³/mol. The molecule has 0 spiro atoms. The van der Waals surface area contributed by atoms with Crippen LogP contribution in [0.2, 0.25) is 5.15 Å². The van der Waals surface area contributed by atoms with Crippen LogP contribution in [-0.2, 0) is 17.6 Å². The van der Waals surface area contributed by atoms with Crippen molar-refractivity contribution in [3.8, 4) is 6.07 Å². The van der Waals surface area contributed by atoms with Gasteiger partial charge in [-0.15, -0.1) is 0 Å². The minimum absolute atomic E-state index is 0.149. The van der Waals surface area contributed by atoms with Crippen molar-refractivity contribution in [2.45, 2.75) is 45.1 Å². The number of carbonyl (C=O) groups is 1. The number of hydrogen-bond acceptors (Lipinski definition) is 5. The van der Waals surface area contributed by atoms with Crippen LogP contribution >= 0.6 is 23.4 Å². The van der Waals surface area contributed by atoms with Crippen molar-refractivity contribution in [2.24, 2.45) is 11.3 Å². The van der Waals surface area contributed by atoms with Crippen LogP contribution in [-0.4, -0.2) is 21.6 Å². The number of thioether (sulfide) groups is 1. The van der Waals surface area contributed by atoms with Crippen molar-refractivity contribution >= 4 is 35.0 Å². The van der Waals surface area contributed by atoms with E-state index in [0.717, 1.165) is 25.0 Å². The second-order valence-corrected chi connectivity index (χ2v) is 9.37. The highest BCUT2D eigenvalue weighted by Crippen LogP contribution is 2.38. The number of hydrogen-bond donors (Lipinski definition) is 1. The van der Waals surface area contributed by atoms with Gasteiger partial charge in [-0.1, -0.05) is 44.1 Å². The molecule has 0 unspecified atom stereocenters. The third kappa shape index (κ3) is 4.84. The average molecular weight is 415 g/mol. The zero-order chi connectivity index (χ0) is 20.3. The van der Waals surface area contributed by atoms with Crippen molar-refractivity contribution in [2.75, 3.05) is 11.1 Å². The fourth-order valence-electron chi connectivity index (χ4n) is 3.37. The number of halogens is 1. The molecule has 2 aromatic heterocycles. The Morgan fingerprint density at radius 2 is 2.25 bits per heavy atom. The molecule has 0 saturated heterocycles. The highest BCUT2D eigenvalue weighted by atomic mass is 35.5. The molecule has 1 atom stereocenters. The van der Waals surface area contributed by atoms with E-state index in [9.17, 15) is 10.1 Å². The van der Waals surface area contributed by atoms with Gasteiger partial charge in [-0.25, -0.2) is 9.97 Å². The summed E-state index contributed by atoms with van der Waals surface area (Å²) >= 11 is 7.24. The van der Waals surface area contributed by atoms with E-state index in [1.807, 2.05) is 6.07 Å². The van der Waals surface area contributed by atoms with Gasteiger partial charge in [0, 0.05) is 11.9 Å². The number of rotatable bonds is 4. The maximum atomic E-state index is 12.3. The third-order valence-electron chi connectivity index (χ3n) is 5.07. The number of nitrogens with one attached hydrogen (secondary N) is 1. The first-order chi connectivity index (χ1) is 13.3. The van der Waals surface area contributed by atoms with Crippen LogP contribution in [0.5, 0.6) is 0 Å². The maximum absolute atomic E-state index is 12.3. The van der Waals surface area contributed by atoms with Gasteiger partial charge < -0.3 is 5.32 Å². The fraction of sp³-hybridized carbons (Fsp3) is 0.429. The van der Waals surface area contributed by atoms with Crippen molar-refractivity contribution in [1.82, 2.24) is 9.97 Å². The number of nitriles is 1. The topological polar surface area (TPSA) is 78.7 Å². The van der Waals surface area contributed by atoms with E-state index in [0.29, 0.717) is 22.2 Å². The Balaban J connectivity index is 1.70. The molecule has 2 aromatic rings.